The van der Waals surface area contributed by atoms with Gasteiger partial charge >= 0.3 is 0 Å². The molecule has 0 aliphatic heterocycles. The summed E-state index contributed by atoms with van der Waals surface area (Å²) in [4.78, 5) is 14.4. The van der Waals surface area contributed by atoms with E-state index in [-0.39, 0.29) is 11.3 Å². The number of nitrogens with zero attached hydrogens (tertiary/aromatic N) is 1. The van der Waals surface area contributed by atoms with E-state index in [1.54, 1.807) is 4.90 Å². The Morgan fingerprint density at radius 3 is 2.40 bits per heavy atom. The molecule has 0 aromatic heterocycles. The van der Waals surface area contributed by atoms with Gasteiger partial charge in [0.05, 0.1) is 11.5 Å². The lowest BCUT2D eigenvalue weighted by atomic mass is 9.87. The Kier molecular flexibility index (Phi) is 4.08. The smallest absolute Gasteiger partial charge is 0.228 e. The topological polar surface area (TPSA) is 46.3 Å². The van der Waals surface area contributed by atoms with E-state index in [1.165, 1.54) is 0 Å². The van der Waals surface area contributed by atoms with E-state index < -0.39 is 0 Å². The molecule has 86 valence electrons. The van der Waals surface area contributed by atoms with E-state index in [2.05, 4.69) is 6.92 Å². The van der Waals surface area contributed by atoms with E-state index in [0.29, 0.717) is 18.1 Å². The highest BCUT2D eigenvalue weighted by molar-refractivity contribution is 7.80. The second kappa shape index (κ2) is 4.92. The van der Waals surface area contributed by atoms with Crippen LogP contribution in [-0.2, 0) is 4.79 Å². The maximum Gasteiger partial charge on any atom is 0.228 e. The summed E-state index contributed by atoms with van der Waals surface area (Å²) in [5.74, 6) is 0.218. The largest absolute Gasteiger partial charge is 0.392 e. The SMILES string of the molecule is CCN(CC(N)=S)C(=O)C1(C)CCCC1. The zero-order valence-electron chi connectivity index (χ0n) is 9.58. The van der Waals surface area contributed by atoms with Crippen molar-refractivity contribution < 1.29 is 4.79 Å². The molecule has 0 aromatic rings. The van der Waals surface area contributed by atoms with Gasteiger partial charge in [0.25, 0.3) is 0 Å². The molecular weight excluding hydrogens is 208 g/mol. The number of hydrogen-bond acceptors (Lipinski definition) is 2. The molecule has 0 atom stereocenters. The van der Waals surface area contributed by atoms with Gasteiger partial charge in [-0.15, -0.1) is 0 Å². The Labute approximate surface area is 97.0 Å². The molecule has 0 radical (unpaired) electrons. The molecule has 0 aromatic carbocycles. The third kappa shape index (κ3) is 2.91. The van der Waals surface area contributed by atoms with E-state index in [4.69, 9.17) is 18.0 Å². The third-order valence-electron chi connectivity index (χ3n) is 3.24. The van der Waals surface area contributed by atoms with Crippen molar-refractivity contribution in [2.75, 3.05) is 13.1 Å². The van der Waals surface area contributed by atoms with E-state index in [0.717, 1.165) is 25.7 Å². The van der Waals surface area contributed by atoms with E-state index in [9.17, 15) is 4.79 Å². The molecule has 1 aliphatic carbocycles. The molecule has 0 heterocycles. The first-order chi connectivity index (χ1) is 6.99. The predicted molar refractivity (Wildman–Crippen MR) is 65.6 cm³/mol. The highest BCUT2D eigenvalue weighted by Crippen LogP contribution is 2.39. The molecular formula is C11H20N2OS. The normalized spacial score (nSPS) is 18.8. The van der Waals surface area contributed by atoms with Crippen LogP contribution < -0.4 is 5.73 Å². The zero-order valence-corrected chi connectivity index (χ0v) is 10.4. The second-order valence-corrected chi connectivity index (χ2v) is 5.08. The fraction of sp³-hybridized carbons (Fsp3) is 0.818. The van der Waals surface area contributed by atoms with Crippen molar-refractivity contribution in [1.29, 1.82) is 0 Å². The molecule has 1 fully saturated rings. The molecule has 15 heavy (non-hydrogen) atoms. The Bertz CT molecular complexity index is 259. The lowest BCUT2D eigenvalue weighted by Crippen LogP contribution is -2.44. The lowest BCUT2D eigenvalue weighted by molar-refractivity contribution is -0.140. The molecule has 1 amide bonds. The van der Waals surface area contributed by atoms with E-state index >= 15 is 0 Å². The van der Waals surface area contributed by atoms with Crippen LogP contribution >= 0.6 is 12.2 Å². The van der Waals surface area contributed by atoms with Gasteiger partial charge in [0.2, 0.25) is 5.91 Å². The third-order valence-corrected chi connectivity index (χ3v) is 3.37. The minimum absolute atomic E-state index is 0.166. The number of hydrogen-bond donors (Lipinski definition) is 1. The molecule has 4 heteroatoms. The summed E-state index contributed by atoms with van der Waals surface area (Å²) < 4.78 is 0. The fourth-order valence-corrected chi connectivity index (χ4v) is 2.42. The Morgan fingerprint density at radius 1 is 1.47 bits per heavy atom. The number of amides is 1. The predicted octanol–water partition coefficient (Wildman–Crippen LogP) is 1.70. The van der Waals surface area contributed by atoms with Gasteiger partial charge in [-0.05, 0) is 19.8 Å². The second-order valence-electron chi connectivity index (χ2n) is 4.55. The van der Waals surface area contributed by atoms with Gasteiger partial charge in [0.15, 0.2) is 0 Å². The molecule has 2 N–H and O–H groups in total. The van der Waals surface area contributed by atoms with Crippen LogP contribution in [0.25, 0.3) is 0 Å². The van der Waals surface area contributed by atoms with Gasteiger partial charge in [-0.25, -0.2) is 0 Å². The summed E-state index contributed by atoms with van der Waals surface area (Å²) in [5.41, 5.74) is 5.32. The van der Waals surface area contributed by atoms with Crippen LogP contribution in [0.4, 0.5) is 0 Å². The van der Waals surface area contributed by atoms with Crippen molar-refractivity contribution in [3.05, 3.63) is 0 Å². The number of likely N-dealkylation sites (N-methyl/N-ethyl adjacent to an activating group) is 1. The molecule has 1 aliphatic rings. The summed E-state index contributed by atoms with van der Waals surface area (Å²) in [6.07, 6.45) is 4.32. The molecule has 0 spiro atoms. The van der Waals surface area contributed by atoms with Crippen LogP contribution in [0.15, 0.2) is 0 Å². The quantitative estimate of drug-likeness (QED) is 0.745. The van der Waals surface area contributed by atoms with Crippen molar-refractivity contribution in [3.8, 4) is 0 Å². The van der Waals surface area contributed by atoms with Crippen LogP contribution in [0.3, 0.4) is 0 Å². The number of carbonyl (C=O) groups is 1. The van der Waals surface area contributed by atoms with Crippen LogP contribution in [-0.4, -0.2) is 28.9 Å². The Balaban J connectivity index is 2.67. The van der Waals surface area contributed by atoms with Crippen molar-refractivity contribution in [2.45, 2.75) is 39.5 Å². The zero-order chi connectivity index (χ0) is 11.5. The van der Waals surface area contributed by atoms with Gasteiger partial charge < -0.3 is 10.6 Å². The standard InChI is InChI=1S/C11H20N2OS/c1-3-13(8-9(12)15)10(14)11(2)6-4-5-7-11/h3-8H2,1-2H3,(H2,12,15). The first kappa shape index (κ1) is 12.4. The maximum atomic E-state index is 12.2. The van der Waals surface area contributed by atoms with Gasteiger partial charge in [-0.1, -0.05) is 32.0 Å². The number of rotatable bonds is 4. The highest BCUT2D eigenvalue weighted by Gasteiger charge is 2.38. The van der Waals surface area contributed by atoms with Gasteiger partial charge in [0.1, 0.15) is 0 Å². The summed E-state index contributed by atoms with van der Waals surface area (Å²) >= 11 is 4.85. The van der Waals surface area contributed by atoms with Crippen LogP contribution in [0, 0.1) is 5.41 Å². The highest BCUT2D eigenvalue weighted by atomic mass is 32.1. The van der Waals surface area contributed by atoms with Crippen LogP contribution in [0.1, 0.15) is 39.5 Å². The van der Waals surface area contributed by atoms with Crippen molar-refractivity contribution in [3.63, 3.8) is 0 Å². The van der Waals surface area contributed by atoms with Crippen molar-refractivity contribution >= 4 is 23.1 Å². The van der Waals surface area contributed by atoms with Crippen molar-refractivity contribution in [2.24, 2.45) is 11.1 Å². The molecule has 3 nitrogen and oxygen atoms in total. The molecule has 0 saturated heterocycles. The maximum absolute atomic E-state index is 12.2. The number of carbonyl (C=O) groups excluding carboxylic acids is 1. The molecule has 0 bridgehead atoms. The molecule has 1 saturated carbocycles. The average Bonchev–Trinajstić information content (AvgIpc) is 2.61. The fourth-order valence-electron chi connectivity index (χ4n) is 2.27. The Morgan fingerprint density at radius 2 is 2.00 bits per heavy atom. The van der Waals surface area contributed by atoms with Gasteiger partial charge in [-0.3, -0.25) is 4.79 Å². The molecule has 0 unspecified atom stereocenters. The summed E-state index contributed by atoms with van der Waals surface area (Å²) in [7, 11) is 0. The number of thiocarbonyl (C=S) groups is 1. The monoisotopic (exact) mass is 228 g/mol. The minimum atomic E-state index is -0.166. The number of nitrogens with two attached hydrogens (primary N) is 1. The summed E-state index contributed by atoms with van der Waals surface area (Å²) in [6.45, 7) is 5.13. The minimum Gasteiger partial charge on any atom is -0.392 e. The van der Waals surface area contributed by atoms with E-state index in [1.807, 2.05) is 6.92 Å². The van der Waals surface area contributed by atoms with Gasteiger partial charge in [-0.2, -0.15) is 0 Å². The first-order valence-corrected chi connectivity index (χ1v) is 5.98. The lowest BCUT2D eigenvalue weighted by Gasteiger charge is -2.30. The van der Waals surface area contributed by atoms with Crippen molar-refractivity contribution in [1.82, 2.24) is 4.90 Å². The van der Waals surface area contributed by atoms with Crippen LogP contribution in [0.5, 0.6) is 0 Å². The van der Waals surface area contributed by atoms with Gasteiger partial charge in [0, 0.05) is 12.0 Å². The summed E-state index contributed by atoms with van der Waals surface area (Å²) in [5, 5.41) is 0. The first-order valence-electron chi connectivity index (χ1n) is 5.57. The Hall–Kier alpha value is -0.640. The molecule has 1 rings (SSSR count). The van der Waals surface area contributed by atoms with Crippen LogP contribution in [0.2, 0.25) is 0 Å². The average molecular weight is 228 g/mol. The summed E-state index contributed by atoms with van der Waals surface area (Å²) in [6, 6.07) is 0.